The van der Waals surface area contributed by atoms with Crippen LogP contribution < -0.4 is 5.73 Å². The summed E-state index contributed by atoms with van der Waals surface area (Å²) in [7, 11) is 0. The molecule has 2 N–H and O–H groups in total. The van der Waals surface area contributed by atoms with Gasteiger partial charge in [-0.3, -0.25) is 4.79 Å². The highest BCUT2D eigenvalue weighted by Crippen LogP contribution is 2.34. The summed E-state index contributed by atoms with van der Waals surface area (Å²) >= 11 is 0. The third kappa shape index (κ3) is 3.01. The standard InChI is InChI=1S/C14H26N2O/c1-10-3-4-12(5-10)7-14(17)16-9-13(8-15)6-11(16)2/h10-13H,3-9,15H2,1-2H3. The van der Waals surface area contributed by atoms with Crippen LogP contribution >= 0.6 is 0 Å². The highest BCUT2D eigenvalue weighted by molar-refractivity contribution is 5.77. The van der Waals surface area contributed by atoms with Crippen molar-refractivity contribution in [2.24, 2.45) is 23.5 Å². The van der Waals surface area contributed by atoms with Crippen LogP contribution in [0.15, 0.2) is 0 Å². The lowest BCUT2D eigenvalue weighted by molar-refractivity contribution is -0.132. The van der Waals surface area contributed by atoms with Gasteiger partial charge in [0.15, 0.2) is 0 Å². The number of amides is 1. The lowest BCUT2D eigenvalue weighted by Gasteiger charge is -2.23. The minimum atomic E-state index is 0.368. The molecule has 1 aliphatic carbocycles. The Morgan fingerprint density at radius 3 is 2.53 bits per heavy atom. The minimum absolute atomic E-state index is 0.368. The SMILES string of the molecule is CC1CCC(CC(=O)N2CC(CN)CC2C)C1. The molecule has 98 valence electrons. The van der Waals surface area contributed by atoms with Gasteiger partial charge in [0, 0.05) is 19.0 Å². The Morgan fingerprint density at radius 2 is 2.00 bits per heavy atom. The molecule has 0 aromatic heterocycles. The van der Waals surface area contributed by atoms with Gasteiger partial charge in [0.25, 0.3) is 0 Å². The van der Waals surface area contributed by atoms with Crippen molar-refractivity contribution < 1.29 is 4.79 Å². The van der Waals surface area contributed by atoms with E-state index in [4.69, 9.17) is 5.73 Å². The Labute approximate surface area is 105 Å². The molecule has 0 aromatic rings. The van der Waals surface area contributed by atoms with Crippen molar-refractivity contribution >= 4 is 5.91 Å². The summed E-state index contributed by atoms with van der Waals surface area (Å²) < 4.78 is 0. The predicted octanol–water partition coefficient (Wildman–Crippen LogP) is 2.01. The molecule has 17 heavy (non-hydrogen) atoms. The van der Waals surface area contributed by atoms with Crippen molar-refractivity contribution in [1.29, 1.82) is 0 Å². The van der Waals surface area contributed by atoms with Crippen LogP contribution in [0, 0.1) is 17.8 Å². The molecule has 2 rings (SSSR count). The summed E-state index contributed by atoms with van der Waals surface area (Å²) in [5.41, 5.74) is 5.70. The van der Waals surface area contributed by atoms with E-state index in [2.05, 4.69) is 18.7 Å². The zero-order chi connectivity index (χ0) is 12.4. The molecule has 3 nitrogen and oxygen atoms in total. The van der Waals surface area contributed by atoms with Crippen molar-refractivity contribution in [3.63, 3.8) is 0 Å². The summed E-state index contributed by atoms with van der Waals surface area (Å²) in [6.07, 6.45) is 5.65. The Hall–Kier alpha value is -0.570. The van der Waals surface area contributed by atoms with Gasteiger partial charge in [-0.15, -0.1) is 0 Å². The van der Waals surface area contributed by atoms with Crippen molar-refractivity contribution in [3.05, 3.63) is 0 Å². The van der Waals surface area contributed by atoms with E-state index in [1.165, 1.54) is 19.3 Å². The third-order valence-electron chi connectivity index (χ3n) is 4.58. The first kappa shape index (κ1) is 12.9. The number of carbonyl (C=O) groups is 1. The van der Waals surface area contributed by atoms with Gasteiger partial charge in [-0.1, -0.05) is 13.3 Å². The van der Waals surface area contributed by atoms with Crippen LogP contribution in [0.25, 0.3) is 0 Å². The highest BCUT2D eigenvalue weighted by atomic mass is 16.2. The minimum Gasteiger partial charge on any atom is -0.340 e. The van der Waals surface area contributed by atoms with Crippen LogP contribution in [0.2, 0.25) is 0 Å². The quantitative estimate of drug-likeness (QED) is 0.817. The van der Waals surface area contributed by atoms with Gasteiger partial charge in [-0.2, -0.15) is 0 Å². The first-order valence-corrected chi connectivity index (χ1v) is 7.09. The van der Waals surface area contributed by atoms with Crippen LogP contribution in [-0.4, -0.2) is 29.9 Å². The van der Waals surface area contributed by atoms with E-state index in [0.29, 0.717) is 30.3 Å². The molecular weight excluding hydrogens is 212 g/mol. The number of hydrogen-bond donors (Lipinski definition) is 1. The molecule has 2 fully saturated rings. The van der Waals surface area contributed by atoms with Crippen LogP contribution in [0.1, 0.15) is 46.0 Å². The summed E-state index contributed by atoms with van der Waals surface area (Å²) in [5.74, 6) is 2.35. The van der Waals surface area contributed by atoms with E-state index < -0.39 is 0 Å². The molecule has 2 aliphatic rings. The van der Waals surface area contributed by atoms with Crippen LogP contribution in [0.4, 0.5) is 0 Å². The maximum absolute atomic E-state index is 12.3. The Bertz CT molecular complexity index is 279. The van der Waals surface area contributed by atoms with Gasteiger partial charge < -0.3 is 10.6 Å². The van der Waals surface area contributed by atoms with E-state index in [-0.39, 0.29) is 0 Å². The maximum atomic E-state index is 12.3. The second-order valence-electron chi connectivity index (χ2n) is 6.22. The predicted molar refractivity (Wildman–Crippen MR) is 69.5 cm³/mol. The first-order chi connectivity index (χ1) is 8.10. The topological polar surface area (TPSA) is 46.3 Å². The molecule has 1 saturated carbocycles. The third-order valence-corrected chi connectivity index (χ3v) is 4.58. The van der Waals surface area contributed by atoms with Gasteiger partial charge >= 0.3 is 0 Å². The lowest BCUT2D eigenvalue weighted by Crippen LogP contribution is -2.35. The molecule has 4 atom stereocenters. The molecule has 1 heterocycles. The maximum Gasteiger partial charge on any atom is 0.223 e. The monoisotopic (exact) mass is 238 g/mol. The molecule has 1 aliphatic heterocycles. The summed E-state index contributed by atoms with van der Waals surface area (Å²) in [6.45, 7) is 6.06. The molecule has 0 aromatic carbocycles. The van der Waals surface area contributed by atoms with E-state index in [0.717, 1.165) is 25.3 Å². The summed E-state index contributed by atoms with van der Waals surface area (Å²) in [6, 6.07) is 0.398. The van der Waals surface area contributed by atoms with E-state index >= 15 is 0 Å². The zero-order valence-corrected chi connectivity index (χ0v) is 11.2. The second-order valence-corrected chi connectivity index (χ2v) is 6.22. The number of hydrogen-bond acceptors (Lipinski definition) is 2. The number of nitrogens with zero attached hydrogens (tertiary/aromatic N) is 1. The Morgan fingerprint density at radius 1 is 1.24 bits per heavy atom. The number of rotatable bonds is 3. The molecule has 0 bridgehead atoms. The fourth-order valence-electron chi connectivity index (χ4n) is 3.54. The average molecular weight is 238 g/mol. The van der Waals surface area contributed by atoms with E-state index in [9.17, 15) is 4.79 Å². The summed E-state index contributed by atoms with van der Waals surface area (Å²) in [5, 5.41) is 0. The molecule has 0 spiro atoms. The van der Waals surface area contributed by atoms with Crippen molar-refractivity contribution in [3.8, 4) is 0 Å². The fraction of sp³-hybridized carbons (Fsp3) is 0.929. The second kappa shape index (κ2) is 5.38. The normalized spacial score (nSPS) is 37.7. The zero-order valence-electron chi connectivity index (χ0n) is 11.2. The highest BCUT2D eigenvalue weighted by Gasteiger charge is 2.33. The molecule has 1 saturated heterocycles. The van der Waals surface area contributed by atoms with Gasteiger partial charge in [-0.25, -0.2) is 0 Å². The molecule has 0 radical (unpaired) electrons. The van der Waals surface area contributed by atoms with Crippen molar-refractivity contribution in [1.82, 2.24) is 4.90 Å². The van der Waals surface area contributed by atoms with Gasteiger partial charge in [0.1, 0.15) is 0 Å². The van der Waals surface area contributed by atoms with Crippen molar-refractivity contribution in [2.45, 2.75) is 52.0 Å². The first-order valence-electron chi connectivity index (χ1n) is 7.09. The van der Waals surface area contributed by atoms with Gasteiger partial charge in [0.05, 0.1) is 0 Å². The molecule has 1 amide bonds. The number of carbonyl (C=O) groups excluding carboxylic acids is 1. The van der Waals surface area contributed by atoms with Crippen LogP contribution in [0.5, 0.6) is 0 Å². The van der Waals surface area contributed by atoms with Crippen molar-refractivity contribution in [2.75, 3.05) is 13.1 Å². The Kier molecular flexibility index (Phi) is 4.08. The van der Waals surface area contributed by atoms with E-state index in [1.54, 1.807) is 0 Å². The van der Waals surface area contributed by atoms with Crippen LogP contribution in [0.3, 0.4) is 0 Å². The largest absolute Gasteiger partial charge is 0.340 e. The average Bonchev–Trinajstić information content (AvgIpc) is 2.85. The van der Waals surface area contributed by atoms with Gasteiger partial charge in [0.2, 0.25) is 5.91 Å². The Balaban J connectivity index is 1.83. The number of nitrogens with two attached hydrogens (primary N) is 1. The fourth-order valence-corrected chi connectivity index (χ4v) is 3.54. The van der Waals surface area contributed by atoms with Gasteiger partial charge in [-0.05, 0) is 50.5 Å². The van der Waals surface area contributed by atoms with Crippen LogP contribution in [-0.2, 0) is 4.79 Å². The number of likely N-dealkylation sites (tertiary alicyclic amines) is 1. The molecule has 4 unspecified atom stereocenters. The van der Waals surface area contributed by atoms with E-state index in [1.807, 2.05) is 0 Å². The molecular formula is C14H26N2O. The summed E-state index contributed by atoms with van der Waals surface area (Å²) in [4.78, 5) is 14.3. The lowest BCUT2D eigenvalue weighted by atomic mass is 10.0. The molecule has 3 heteroatoms. The smallest absolute Gasteiger partial charge is 0.223 e.